The second-order valence-corrected chi connectivity index (χ2v) is 7.39. The number of carbonyl (C=O) groups excluding carboxylic acids is 2. The van der Waals surface area contributed by atoms with E-state index in [9.17, 15) is 9.59 Å². The van der Waals surface area contributed by atoms with Gasteiger partial charge < -0.3 is 19.9 Å². The molecule has 1 saturated heterocycles. The molecular weight excluding hydrogens is 362 g/mol. The van der Waals surface area contributed by atoms with Crippen molar-refractivity contribution in [3.63, 3.8) is 0 Å². The summed E-state index contributed by atoms with van der Waals surface area (Å²) in [7, 11) is 0. The van der Waals surface area contributed by atoms with Gasteiger partial charge in [-0.3, -0.25) is 9.59 Å². The molecule has 0 unspecified atom stereocenters. The molecule has 1 fully saturated rings. The summed E-state index contributed by atoms with van der Waals surface area (Å²) >= 11 is 1.55. The molecular formula is C20H25N3O3S. The number of likely N-dealkylation sites (N-methyl/N-ethyl adjacent to an activating group) is 1. The number of morpholine rings is 1. The van der Waals surface area contributed by atoms with Gasteiger partial charge in [-0.05, 0) is 42.6 Å². The number of nitrogens with one attached hydrogen (secondary N) is 1. The summed E-state index contributed by atoms with van der Waals surface area (Å²) in [5, 5.41) is 4.83. The van der Waals surface area contributed by atoms with Crippen LogP contribution in [0.1, 0.15) is 11.8 Å². The molecule has 27 heavy (non-hydrogen) atoms. The van der Waals surface area contributed by atoms with E-state index in [1.165, 1.54) is 0 Å². The highest BCUT2D eigenvalue weighted by Gasteiger charge is 2.17. The van der Waals surface area contributed by atoms with Crippen LogP contribution in [-0.2, 0) is 20.7 Å². The number of anilines is 2. The number of rotatable bonds is 7. The molecule has 1 aliphatic rings. The first-order valence-corrected chi connectivity index (χ1v) is 10.1. The van der Waals surface area contributed by atoms with Crippen LogP contribution in [-0.4, -0.2) is 56.1 Å². The van der Waals surface area contributed by atoms with Crippen LogP contribution in [0.3, 0.4) is 0 Å². The first-order chi connectivity index (χ1) is 13.2. The van der Waals surface area contributed by atoms with Crippen molar-refractivity contribution in [2.24, 2.45) is 0 Å². The number of amides is 2. The molecule has 144 valence electrons. The number of hydrogen-bond acceptors (Lipinski definition) is 5. The third-order valence-corrected chi connectivity index (χ3v) is 5.38. The molecule has 1 aliphatic heterocycles. The zero-order chi connectivity index (χ0) is 19.1. The number of ether oxygens (including phenoxy) is 1. The average Bonchev–Trinajstić information content (AvgIpc) is 3.20. The summed E-state index contributed by atoms with van der Waals surface area (Å²) < 4.78 is 5.37. The van der Waals surface area contributed by atoms with Crippen LogP contribution in [0.25, 0.3) is 0 Å². The van der Waals surface area contributed by atoms with Crippen molar-refractivity contribution in [1.82, 2.24) is 4.90 Å². The topological polar surface area (TPSA) is 61.9 Å². The summed E-state index contributed by atoms with van der Waals surface area (Å²) in [6.07, 6.45) is 0.340. The van der Waals surface area contributed by atoms with Crippen molar-refractivity contribution in [2.75, 3.05) is 49.6 Å². The van der Waals surface area contributed by atoms with Crippen molar-refractivity contribution >= 4 is 34.5 Å². The molecule has 0 aliphatic carbocycles. The quantitative estimate of drug-likeness (QED) is 0.793. The summed E-state index contributed by atoms with van der Waals surface area (Å²) in [6, 6.07) is 11.7. The largest absolute Gasteiger partial charge is 0.378 e. The lowest BCUT2D eigenvalue weighted by Crippen LogP contribution is -2.38. The molecule has 0 spiro atoms. The Balaban J connectivity index is 1.52. The second-order valence-electron chi connectivity index (χ2n) is 6.36. The molecule has 7 heteroatoms. The zero-order valence-corrected chi connectivity index (χ0v) is 16.3. The second kappa shape index (κ2) is 9.53. The van der Waals surface area contributed by atoms with E-state index in [4.69, 9.17) is 4.74 Å². The Labute approximate surface area is 163 Å². The molecule has 1 aromatic heterocycles. The normalized spacial score (nSPS) is 14.0. The smallest absolute Gasteiger partial charge is 0.243 e. The van der Waals surface area contributed by atoms with E-state index in [0.717, 1.165) is 42.6 Å². The van der Waals surface area contributed by atoms with Gasteiger partial charge in [0.2, 0.25) is 11.8 Å². The Morgan fingerprint density at radius 2 is 1.93 bits per heavy atom. The van der Waals surface area contributed by atoms with Gasteiger partial charge in [0.25, 0.3) is 0 Å². The van der Waals surface area contributed by atoms with Crippen molar-refractivity contribution in [3.05, 3.63) is 46.7 Å². The molecule has 0 saturated carbocycles. The lowest BCUT2D eigenvalue weighted by molar-refractivity contribution is -0.133. The van der Waals surface area contributed by atoms with Crippen molar-refractivity contribution in [2.45, 2.75) is 13.3 Å². The predicted molar refractivity (Wildman–Crippen MR) is 108 cm³/mol. The first kappa shape index (κ1) is 19.4. The van der Waals surface area contributed by atoms with Crippen LogP contribution < -0.4 is 10.2 Å². The highest BCUT2D eigenvalue weighted by atomic mass is 32.1. The Morgan fingerprint density at radius 3 is 2.56 bits per heavy atom. The molecule has 0 atom stereocenters. The predicted octanol–water partition coefficient (Wildman–Crippen LogP) is 2.61. The fourth-order valence-corrected chi connectivity index (χ4v) is 3.70. The van der Waals surface area contributed by atoms with Crippen molar-refractivity contribution in [3.8, 4) is 0 Å². The van der Waals surface area contributed by atoms with Crippen LogP contribution in [0.5, 0.6) is 0 Å². The van der Waals surface area contributed by atoms with Crippen molar-refractivity contribution in [1.29, 1.82) is 0 Å². The van der Waals surface area contributed by atoms with Gasteiger partial charge in [-0.2, -0.15) is 0 Å². The summed E-state index contributed by atoms with van der Waals surface area (Å²) in [4.78, 5) is 29.6. The van der Waals surface area contributed by atoms with Crippen molar-refractivity contribution < 1.29 is 14.3 Å². The average molecular weight is 388 g/mol. The molecule has 2 heterocycles. The van der Waals surface area contributed by atoms with Crippen LogP contribution in [0, 0.1) is 0 Å². The number of benzene rings is 1. The molecule has 2 aromatic rings. The molecule has 0 radical (unpaired) electrons. The van der Waals surface area contributed by atoms with E-state index in [-0.39, 0.29) is 18.4 Å². The van der Waals surface area contributed by atoms with E-state index in [2.05, 4.69) is 10.2 Å². The van der Waals surface area contributed by atoms with Gasteiger partial charge in [0.15, 0.2) is 0 Å². The minimum atomic E-state index is -0.185. The zero-order valence-electron chi connectivity index (χ0n) is 15.5. The number of nitrogens with zero attached hydrogens (tertiary/aromatic N) is 2. The highest BCUT2D eigenvalue weighted by molar-refractivity contribution is 7.10. The summed E-state index contributed by atoms with van der Waals surface area (Å²) in [5.74, 6) is -0.215. The Hall–Kier alpha value is -2.38. The summed E-state index contributed by atoms with van der Waals surface area (Å²) in [6.45, 7) is 5.69. The maximum atomic E-state index is 12.4. The Bertz CT molecular complexity index is 740. The van der Waals surface area contributed by atoms with Gasteiger partial charge in [0.1, 0.15) is 0 Å². The van der Waals surface area contributed by atoms with Crippen LogP contribution in [0.4, 0.5) is 11.4 Å². The van der Waals surface area contributed by atoms with Gasteiger partial charge in [-0.25, -0.2) is 0 Å². The molecule has 2 amide bonds. The number of hydrogen-bond donors (Lipinski definition) is 1. The fourth-order valence-electron chi connectivity index (χ4n) is 3.00. The standard InChI is InChI=1S/C20H25N3O3S/c1-2-22(20(25)14-18-4-3-13-27-18)15-19(24)21-16-5-7-17(8-6-16)23-9-11-26-12-10-23/h3-8,13H,2,9-12,14-15H2,1H3,(H,21,24). The monoisotopic (exact) mass is 387 g/mol. The third kappa shape index (κ3) is 5.55. The van der Waals surface area contributed by atoms with Crippen LogP contribution in [0.15, 0.2) is 41.8 Å². The van der Waals surface area contributed by atoms with Gasteiger partial charge in [-0.15, -0.1) is 11.3 Å². The SMILES string of the molecule is CCN(CC(=O)Nc1ccc(N2CCOCC2)cc1)C(=O)Cc1cccs1. The Kier molecular flexibility index (Phi) is 6.84. The molecule has 3 rings (SSSR count). The fraction of sp³-hybridized carbons (Fsp3) is 0.400. The van der Waals surface area contributed by atoms with E-state index < -0.39 is 0 Å². The van der Waals surface area contributed by atoms with E-state index in [0.29, 0.717) is 13.0 Å². The molecule has 6 nitrogen and oxygen atoms in total. The minimum Gasteiger partial charge on any atom is -0.378 e. The van der Waals surface area contributed by atoms with E-state index in [1.807, 2.05) is 48.7 Å². The number of carbonyl (C=O) groups is 2. The lowest BCUT2D eigenvalue weighted by Gasteiger charge is -2.29. The van der Waals surface area contributed by atoms with Gasteiger partial charge in [-0.1, -0.05) is 6.07 Å². The van der Waals surface area contributed by atoms with E-state index in [1.54, 1.807) is 16.2 Å². The maximum Gasteiger partial charge on any atom is 0.243 e. The highest BCUT2D eigenvalue weighted by Crippen LogP contribution is 2.19. The summed E-state index contributed by atoms with van der Waals surface area (Å²) in [5.41, 5.74) is 1.86. The van der Waals surface area contributed by atoms with Gasteiger partial charge in [0.05, 0.1) is 26.2 Å². The minimum absolute atomic E-state index is 0.0298. The Morgan fingerprint density at radius 1 is 1.19 bits per heavy atom. The van der Waals surface area contributed by atoms with Gasteiger partial charge >= 0.3 is 0 Å². The maximum absolute atomic E-state index is 12.4. The first-order valence-electron chi connectivity index (χ1n) is 9.18. The molecule has 1 aromatic carbocycles. The third-order valence-electron chi connectivity index (χ3n) is 4.50. The van der Waals surface area contributed by atoms with Gasteiger partial charge in [0, 0.05) is 35.9 Å². The number of thiophene rings is 1. The molecule has 0 bridgehead atoms. The van der Waals surface area contributed by atoms with Crippen LogP contribution in [0.2, 0.25) is 0 Å². The van der Waals surface area contributed by atoms with E-state index >= 15 is 0 Å². The lowest BCUT2D eigenvalue weighted by atomic mass is 10.2. The van der Waals surface area contributed by atoms with Crippen LogP contribution >= 0.6 is 11.3 Å². The molecule has 1 N–H and O–H groups in total.